The molecule has 1 aromatic heterocycles. The Morgan fingerprint density at radius 1 is 1.08 bits per heavy atom. The minimum Gasteiger partial charge on any atom is -0.481 e. The summed E-state index contributed by atoms with van der Waals surface area (Å²) in [5.41, 5.74) is 0.317. The van der Waals surface area contributed by atoms with Gasteiger partial charge < -0.3 is 10.4 Å². The molecule has 2 aromatic rings. The van der Waals surface area contributed by atoms with Crippen LogP contribution in [-0.2, 0) is 21.2 Å². The summed E-state index contributed by atoms with van der Waals surface area (Å²) in [6.45, 7) is 0.546. The first-order chi connectivity index (χ1) is 12.4. The molecule has 9 heteroatoms. The van der Waals surface area contributed by atoms with Gasteiger partial charge in [0.2, 0.25) is 10.0 Å². The molecule has 0 unspecified atom stereocenters. The normalized spacial score (nSPS) is 11.2. The number of thiophene rings is 1. The van der Waals surface area contributed by atoms with Gasteiger partial charge in [-0.15, -0.1) is 11.3 Å². The first kappa shape index (κ1) is 20.1. The highest BCUT2D eigenvalue weighted by molar-refractivity contribution is 7.89. The lowest BCUT2D eigenvalue weighted by molar-refractivity contribution is -0.137. The average molecular weight is 396 g/mol. The summed E-state index contributed by atoms with van der Waals surface area (Å²) in [5, 5.41) is 13.1. The van der Waals surface area contributed by atoms with E-state index in [0.717, 1.165) is 4.88 Å². The van der Waals surface area contributed by atoms with Crippen LogP contribution in [0.2, 0.25) is 0 Å². The van der Waals surface area contributed by atoms with Crippen molar-refractivity contribution in [3.63, 3.8) is 0 Å². The van der Waals surface area contributed by atoms with Gasteiger partial charge in [-0.3, -0.25) is 9.59 Å². The molecule has 26 heavy (non-hydrogen) atoms. The van der Waals surface area contributed by atoms with Crippen molar-refractivity contribution in [2.24, 2.45) is 0 Å². The van der Waals surface area contributed by atoms with Crippen LogP contribution in [0.4, 0.5) is 0 Å². The van der Waals surface area contributed by atoms with Gasteiger partial charge in [0, 0.05) is 30.0 Å². The predicted molar refractivity (Wildman–Crippen MR) is 98.9 cm³/mol. The molecule has 1 heterocycles. The summed E-state index contributed by atoms with van der Waals surface area (Å²) in [7, 11) is -3.63. The Balaban J connectivity index is 1.86. The highest BCUT2D eigenvalue weighted by Gasteiger charge is 2.14. The Morgan fingerprint density at radius 2 is 1.81 bits per heavy atom. The molecule has 2 rings (SSSR count). The van der Waals surface area contributed by atoms with Gasteiger partial charge in [-0.05, 0) is 48.6 Å². The van der Waals surface area contributed by atoms with Crippen molar-refractivity contribution < 1.29 is 23.1 Å². The zero-order valence-corrected chi connectivity index (χ0v) is 15.6. The summed E-state index contributed by atoms with van der Waals surface area (Å²) < 4.78 is 27.0. The number of carboxylic acids is 1. The molecule has 0 atom stereocenters. The van der Waals surface area contributed by atoms with E-state index in [4.69, 9.17) is 5.11 Å². The molecule has 3 N–H and O–H groups in total. The molecule has 0 aliphatic rings. The third-order valence-electron chi connectivity index (χ3n) is 3.52. The topological polar surface area (TPSA) is 113 Å². The van der Waals surface area contributed by atoms with E-state index in [9.17, 15) is 18.0 Å². The lowest BCUT2D eigenvalue weighted by Gasteiger charge is -2.08. The molecule has 1 amide bonds. The summed E-state index contributed by atoms with van der Waals surface area (Å²) in [5.74, 6) is -1.29. The molecule has 0 spiro atoms. The van der Waals surface area contributed by atoms with E-state index in [2.05, 4.69) is 10.0 Å². The molecule has 1 aromatic carbocycles. The molecule has 0 radical (unpaired) electrons. The van der Waals surface area contributed by atoms with Crippen LogP contribution in [0, 0.1) is 0 Å². The van der Waals surface area contributed by atoms with Crippen molar-refractivity contribution >= 4 is 33.2 Å². The van der Waals surface area contributed by atoms with Crippen molar-refractivity contribution in [1.29, 1.82) is 0 Å². The Hall–Kier alpha value is -2.23. The van der Waals surface area contributed by atoms with Crippen molar-refractivity contribution in [2.75, 3.05) is 13.1 Å². The van der Waals surface area contributed by atoms with Crippen molar-refractivity contribution in [3.05, 3.63) is 52.2 Å². The number of rotatable bonds is 10. The van der Waals surface area contributed by atoms with Gasteiger partial charge in [0.1, 0.15) is 0 Å². The Morgan fingerprint density at radius 3 is 2.42 bits per heavy atom. The number of sulfonamides is 1. The van der Waals surface area contributed by atoms with Crippen LogP contribution in [0.1, 0.15) is 28.1 Å². The quantitative estimate of drug-likeness (QED) is 0.531. The van der Waals surface area contributed by atoms with Crippen LogP contribution < -0.4 is 10.0 Å². The van der Waals surface area contributed by atoms with E-state index < -0.39 is 16.0 Å². The third-order valence-corrected chi connectivity index (χ3v) is 5.94. The number of carboxylic acid groups (broad SMARTS) is 1. The maximum atomic E-state index is 12.3. The molecule has 0 saturated carbocycles. The highest BCUT2D eigenvalue weighted by Crippen LogP contribution is 2.12. The molecule has 0 bridgehead atoms. The van der Waals surface area contributed by atoms with Crippen molar-refractivity contribution in [3.8, 4) is 0 Å². The van der Waals surface area contributed by atoms with Crippen LogP contribution in [0.15, 0.2) is 46.7 Å². The van der Waals surface area contributed by atoms with E-state index in [1.165, 1.54) is 24.3 Å². The number of benzene rings is 1. The first-order valence-corrected chi connectivity index (χ1v) is 10.4. The number of nitrogens with one attached hydrogen (secondary N) is 2. The van der Waals surface area contributed by atoms with Gasteiger partial charge in [0.05, 0.1) is 4.90 Å². The van der Waals surface area contributed by atoms with Gasteiger partial charge in [-0.2, -0.15) is 0 Å². The lowest BCUT2D eigenvalue weighted by Crippen LogP contribution is -2.26. The molecule has 0 aliphatic carbocycles. The first-order valence-electron chi connectivity index (χ1n) is 8.00. The van der Waals surface area contributed by atoms with Gasteiger partial charge in [0.15, 0.2) is 0 Å². The second-order valence-corrected chi connectivity index (χ2v) is 8.30. The lowest BCUT2D eigenvalue weighted by atomic mass is 10.2. The minimum absolute atomic E-state index is 0.0192. The second-order valence-electron chi connectivity index (χ2n) is 5.50. The fourth-order valence-corrected chi connectivity index (χ4v) is 3.92. The summed E-state index contributed by atoms with van der Waals surface area (Å²) in [4.78, 5) is 23.5. The summed E-state index contributed by atoms with van der Waals surface area (Å²) in [6.07, 6.45) is 0.935. The van der Waals surface area contributed by atoms with E-state index in [-0.39, 0.29) is 23.8 Å². The van der Waals surface area contributed by atoms with Gasteiger partial charge in [-0.1, -0.05) is 6.07 Å². The predicted octanol–water partition coefficient (Wildman–Crippen LogP) is 1.86. The summed E-state index contributed by atoms with van der Waals surface area (Å²) >= 11 is 1.57. The molecule has 0 saturated heterocycles. The smallest absolute Gasteiger partial charge is 0.303 e. The van der Waals surface area contributed by atoms with Crippen LogP contribution >= 0.6 is 11.3 Å². The fraction of sp³-hybridized carbons (Fsp3) is 0.294. The Labute approximate surface area is 156 Å². The SMILES string of the molecule is O=C(O)CCCNC(=O)c1ccc(S(=O)(=O)NCCc2cccs2)cc1. The molecule has 7 nitrogen and oxygen atoms in total. The van der Waals surface area contributed by atoms with Gasteiger partial charge in [-0.25, -0.2) is 13.1 Å². The molecular weight excluding hydrogens is 376 g/mol. The fourth-order valence-electron chi connectivity index (χ4n) is 2.18. The van der Waals surface area contributed by atoms with Crippen molar-refractivity contribution in [2.45, 2.75) is 24.2 Å². The number of hydrogen-bond donors (Lipinski definition) is 3. The van der Waals surface area contributed by atoms with Gasteiger partial charge >= 0.3 is 5.97 Å². The second kappa shape index (κ2) is 9.46. The minimum atomic E-state index is -3.63. The zero-order chi connectivity index (χ0) is 19.0. The van der Waals surface area contributed by atoms with Gasteiger partial charge in [0.25, 0.3) is 5.91 Å². The third kappa shape index (κ3) is 6.25. The van der Waals surface area contributed by atoms with E-state index in [1.54, 1.807) is 11.3 Å². The number of hydrogen-bond acceptors (Lipinski definition) is 5. The van der Waals surface area contributed by atoms with E-state index in [0.29, 0.717) is 24.9 Å². The Kier molecular flexibility index (Phi) is 7.31. The zero-order valence-electron chi connectivity index (χ0n) is 14.0. The highest BCUT2D eigenvalue weighted by atomic mass is 32.2. The van der Waals surface area contributed by atoms with Crippen LogP contribution in [0.25, 0.3) is 0 Å². The Bertz CT molecular complexity index is 831. The standard InChI is InChI=1S/C17H20N2O5S2/c20-16(21)4-1-10-18-17(22)13-5-7-15(8-6-13)26(23,24)19-11-9-14-3-2-12-25-14/h2-3,5-8,12,19H,1,4,9-11H2,(H,18,22)(H,20,21). The van der Waals surface area contributed by atoms with Crippen LogP contribution in [-0.4, -0.2) is 38.5 Å². The van der Waals surface area contributed by atoms with Crippen molar-refractivity contribution in [1.82, 2.24) is 10.0 Å². The van der Waals surface area contributed by atoms with E-state index in [1.807, 2.05) is 17.5 Å². The largest absolute Gasteiger partial charge is 0.481 e. The molecular formula is C17H20N2O5S2. The average Bonchev–Trinajstić information content (AvgIpc) is 3.12. The maximum Gasteiger partial charge on any atom is 0.303 e. The molecule has 0 fully saturated rings. The molecule has 140 valence electrons. The van der Waals surface area contributed by atoms with E-state index >= 15 is 0 Å². The number of carbonyl (C=O) groups excluding carboxylic acids is 1. The number of amides is 1. The number of carbonyl (C=O) groups is 2. The van der Waals surface area contributed by atoms with Crippen LogP contribution in [0.5, 0.6) is 0 Å². The summed E-state index contributed by atoms with van der Waals surface area (Å²) in [6, 6.07) is 9.47. The molecule has 0 aliphatic heterocycles. The van der Waals surface area contributed by atoms with Crippen LogP contribution in [0.3, 0.4) is 0 Å². The maximum absolute atomic E-state index is 12.3. The number of aliphatic carboxylic acids is 1. The monoisotopic (exact) mass is 396 g/mol.